The molecule has 0 amide bonds. The molecule has 0 saturated heterocycles. The Hall–Kier alpha value is -1.72. The number of thiophene rings is 2. The van der Waals surface area contributed by atoms with Gasteiger partial charge in [-0.05, 0) is 22.9 Å². The van der Waals surface area contributed by atoms with E-state index in [1.165, 1.54) is 0 Å². The van der Waals surface area contributed by atoms with Gasteiger partial charge in [0.15, 0.2) is 0 Å². The molecule has 84 valence electrons. The lowest BCUT2D eigenvalue weighted by Gasteiger charge is -2.05. The van der Waals surface area contributed by atoms with Crippen molar-refractivity contribution in [3.63, 3.8) is 0 Å². The minimum absolute atomic E-state index is 0.650. The van der Waals surface area contributed by atoms with Gasteiger partial charge in [0.1, 0.15) is 17.7 Å². The van der Waals surface area contributed by atoms with Crippen molar-refractivity contribution >= 4 is 28.4 Å². The number of anilines is 1. The molecule has 3 aromatic heterocycles. The van der Waals surface area contributed by atoms with Gasteiger partial charge in [-0.25, -0.2) is 9.97 Å². The summed E-state index contributed by atoms with van der Waals surface area (Å²) in [7, 11) is 0. The van der Waals surface area contributed by atoms with Crippen molar-refractivity contribution < 1.29 is 0 Å². The van der Waals surface area contributed by atoms with Crippen molar-refractivity contribution in [1.29, 1.82) is 0 Å². The fourth-order valence-corrected chi connectivity index (χ4v) is 3.09. The summed E-state index contributed by atoms with van der Waals surface area (Å²) in [5.41, 5.74) is 8.44. The average Bonchev–Trinajstić information content (AvgIpc) is 3.02. The summed E-state index contributed by atoms with van der Waals surface area (Å²) in [6, 6.07) is 8.02. The van der Waals surface area contributed by atoms with Crippen LogP contribution in [0.15, 0.2) is 41.4 Å². The zero-order valence-corrected chi connectivity index (χ0v) is 10.5. The molecule has 3 heterocycles. The van der Waals surface area contributed by atoms with Gasteiger partial charge in [0.25, 0.3) is 0 Å². The third-order valence-electron chi connectivity index (χ3n) is 2.39. The molecule has 0 unspecified atom stereocenters. The van der Waals surface area contributed by atoms with Crippen LogP contribution in [0.5, 0.6) is 0 Å². The summed E-state index contributed by atoms with van der Waals surface area (Å²) in [6.45, 7) is 0. The zero-order valence-electron chi connectivity index (χ0n) is 8.83. The highest BCUT2D eigenvalue weighted by atomic mass is 32.1. The number of nitrogen functional groups attached to an aromatic ring is 1. The monoisotopic (exact) mass is 259 g/mol. The molecule has 0 aromatic carbocycles. The molecule has 0 aliphatic carbocycles. The lowest BCUT2D eigenvalue weighted by molar-refractivity contribution is 1.19. The molecule has 0 radical (unpaired) electrons. The summed E-state index contributed by atoms with van der Waals surface area (Å²) in [5.74, 6) is 0. The first-order valence-electron chi connectivity index (χ1n) is 5.04. The van der Waals surface area contributed by atoms with Gasteiger partial charge in [0, 0.05) is 0 Å². The van der Waals surface area contributed by atoms with Gasteiger partial charge in [-0.1, -0.05) is 12.1 Å². The van der Waals surface area contributed by atoms with E-state index in [1.807, 2.05) is 35.0 Å². The van der Waals surface area contributed by atoms with Crippen LogP contribution in [0.2, 0.25) is 0 Å². The van der Waals surface area contributed by atoms with Gasteiger partial charge in [0.2, 0.25) is 0 Å². The van der Waals surface area contributed by atoms with Gasteiger partial charge < -0.3 is 5.73 Å². The number of rotatable bonds is 2. The fraction of sp³-hybridized carbons (Fsp3) is 0. The van der Waals surface area contributed by atoms with Crippen molar-refractivity contribution in [3.8, 4) is 21.1 Å². The van der Waals surface area contributed by atoms with Crippen molar-refractivity contribution in [2.45, 2.75) is 0 Å². The van der Waals surface area contributed by atoms with Gasteiger partial charge in [0.05, 0.1) is 15.4 Å². The Labute approximate surface area is 107 Å². The first-order chi connectivity index (χ1) is 8.36. The Kier molecular flexibility index (Phi) is 2.62. The molecule has 0 atom stereocenters. The van der Waals surface area contributed by atoms with Gasteiger partial charge in [-0.15, -0.1) is 22.7 Å². The van der Waals surface area contributed by atoms with Crippen LogP contribution in [-0.4, -0.2) is 9.97 Å². The molecule has 3 aromatic rings. The third-order valence-corrected chi connectivity index (χ3v) is 4.15. The minimum atomic E-state index is 0.650. The fourth-order valence-electron chi connectivity index (χ4n) is 1.61. The molecule has 0 aliphatic heterocycles. The van der Waals surface area contributed by atoms with E-state index in [0.29, 0.717) is 5.69 Å². The van der Waals surface area contributed by atoms with Gasteiger partial charge in [-0.2, -0.15) is 0 Å². The maximum atomic E-state index is 6.15. The Balaban J connectivity index is 2.17. The summed E-state index contributed by atoms with van der Waals surface area (Å²) >= 11 is 3.26. The largest absolute Gasteiger partial charge is 0.395 e. The number of hydrogen-bond acceptors (Lipinski definition) is 5. The van der Waals surface area contributed by atoms with E-state index in [1.54, 1.807) is 29.0 Å². The van der Waals surface area contributed by atoms with Crippen LogP contribution < -0.4 is 5.73 Å². The van der Waals surface area contributed by atoms with E-state index < -0.39 is 0 Å². The second-order valence-electron chi connectivity index (χ2n) is 3.44. The number of nitrogens with zero attached hydrogens (tertiary/aromatic N) is 2. The van der Waals surface area contributed by atoms with E-state index in [4.69, 9.17) is 5.73 Å². The zero-order chi connectivity index (χ0) is 11.7. The second kappa shape index (κ2) is 4.27. The first-order valence-corrected chi connectivity index (χ1v) is 6.80. The summed E-state index contributed by atoms with van der Waals surface area (Å²) in [5, 5.41) is 4.03. The van der Waals surface area contributed by atoms with Crippen LogP contribution in [-0.2, 0) is 0 Å². The molecule has 0 fully saturated rings. The second-order valence-corrected chi connectivity index (χ2v) is 5.33. The Morgan fingerprint density at radius 1 is 0.882 bits per heavy atom. The minimum Gasteiger partial charge on any atom is -0.395 e. The molecule has 17 heavy (non-hydrogen) atoms. The van der Waals surface area contributed by atoms with E-state index >= 15 is 0 Å². The predicted molar refractivity (Wildman–Crippen MR) is 73.1 cm³/mol. The average molecular weight is 259 g/mol. The Bertz CT molecular complexity index is 563. The van der Waals surface area contributed by atoms with E-state index in [9.17, 15) is 0 Å². The molecular formula is C12H9N3S2. The SMILES string of the molecule is Nc1c(-c2cccs2)ncnc1-c1cccs1. The molecule has 0 aliphatic rings. The first kappa shape index (κ1) is 10.4. The summed E-state index contributed by atoms with van der Waals surface area (Å²) < 4.78 is 0. The van der Waals surface area contributed by atoms with Crippen LogP contribution in [0.1, 0.15) is 0 Å². The standard InChI is InChI=1S/C12H9N3S2/c13-10-11(8-3-1-5-16-8)14-7-15-12(10)9-4-2-6-17-9/h1-7H,13H2. The summed E-state index contributed by atoms with van der Waals surface area (Å²) in [4.78, 5) is 10.7. The molecule has 5 heteroatoms. The lowest BCUT2D eigenvalue weighted by Crippen LogP contribution is -1.97. The van der Waals surface area contributed by atoms with Crippen molar-refractivity contribution in [3.05, 3.63) is 41.4 Å². The van der Waals surface area contributed by atoms with E-state index in [2.05, 4.69) is 9.97 Å². The van der Waals surface area contributed by atoms with Crippen molar-refractivity contribution in [1.82, 2.24) is 9.97 Å². The van der Waals surface area contributed by atoms with Crippen LogP contribution in [0.3, 0.4) is 0 Å². The quantitative estimate of drug-likeness (QED) is 0.766. The van der Waals surface area contributed by atoms with Crippen LogP contribution in [0.4, 0.5) is 5.69 Å². The van der Waals surface area contributed by atoms with Crippen LogP contribution in [0, 0.1) is 0 Å². The molecule has 2 N–H and O–H groups in total. The van der Waals surface area contributed by atoms with E-state index in [0.717, 1.165) is 21.1 Å². The number of hydrogen-bond donors (Lipinski definition) is 1. The highest BCUT2D eigenvalue weighted by Gasteiger charge is 2.12. The Morgan fingerprint density at radius 3 is 1.82 bits per heavy atom. The normalized spacial score (nSPS) is 10.6. The molecule has 0 saturated carbocycles. The smallest absolute Gasteiger partial charge is 0.117 e. The van der Waals surface area contributed by atoms with Crippen LogP contribution >= 0.6 is 22.7 Å². The number of aromatic nitrogens is 2. The van der Waals surface area contributed by atoms with Gasteiger partial charge >= 0.3 is 0 Å². The highest BCUT2D eigenvalue weighted by molar-refractivity contribution is 7.14. The van der Waals surface area contributed by atoms with Crippen molar-refractivity contribution in [2.75, 3.05) is 5.73 Å². The topological polar surface area (TPSA) is 51.8 Å². The maximum absolute atomic E-state index is 6.15. The van der Waals surface area contributed by atoms with Gasteiger partial charge in [-0.3, -0.25) is 0 Å². The highest BCUT2D eigenvalue weighted by Crippen LogP contribution is 2.34. The molecule has 3 nitrogen and oxygen atoms in total. The Morgan fingerprint density at radius 2 is 1.41 bits per heavy atom. The summed E-state index contributed by atoms with van der Waals surface area (Å²) in [6.07, 6.45) is 1.57. The lowest BCUT2D eigenvalue weighted by atomic mass is 10.2. The molecule has 0 bridgehead atoms. The van der Waals surface area contributed by atoms with Crippen LogP contribution in [0.25, 0.3) is 21.1 Å². The predicted octanol–water partition coefficient (Wildman–Crippen LogP) is 3.52. The third kappa shape index (κ3) is 1.83. The number of nitrogens with two attached hydrogens (primary N) is 1. The molecular weight excluding hydrogens is 250 g/mol. The maximum Gasteiger partial charge on any atom is 0.117 e. The molecule has 3 rings (SSSR count). The van der Waals surface area contributed by atoms with Crippen molar-refractivity contribution in [2.24, 2.45) is 0 Å². The van der Waals surface area contributed by atoms with E-state index in [-0.39, 0.29) is 0 Å². The molecule has 0 spiro atoms.